The average molecular weight is 545 g/mol. The standard InChI is InChI=1S/C15H12F3N.C9H7F3O.C6H7N/c1-2-14(19-11-6-4-3-5-7-11)15-12(17)8-10(16)9-13(15)18;1-2-8(13)9-6(11)3-5(10)4-7(9)12;7-6-4-2-1-3-5-6/h3-9H,2H2,1H3;3-4H,2H2,1H3;1-5H,7H2. The van der Waals surface area contributed by atoms with E-state index in [0.29, 0.717) is 36.4 Å². The van der Waals surface area contributed by atoms with Gasteiger partial charge in [0.2, 0.25) is 0 Å². The summed E-state index contributed by atoms with van der Waals surface area (Å²) in [4.78, 5) is 15.2. The van der Waals surface area contributed by atoms with Gasteiger partial charge in [-0.15, -0.1) is 0 Å². The van der Waals surface area contributed by atoms with Crippen molar-refractivity contribution in [2.75, 3.05) is 5.73 Å². The lowest BCUT2D eigenvalue weighted by atomic mass is 10.1. The van der Waals surface area contributed by atoms with E-state index >= 15 is 0 Å². The molecule has 39 heavy (non-hydrogen) atoms. The Hall–Kier alpha value is -4.40. The monoisotopic (exact) mass is 544 g/mol. The van der Waals surface area contributed by atoms with E-state index in [2.05, 4.69) is 4.99 Å². The molecule has 0 saturated carbocycles. The van der Waals surface area contributed by atoms with E-state index in [1.807, 2.05) is 36.4 Å². The van der Waals surface area contributed by atoms with Crippen LogP contribution in [-0.4, -0.2) is 11.5 Å². The van der Waals surface area contributed by atoms with Crippen molar-refractivity contribution in [1.29, 1.82) is 0 Å². The Morgan fingerprint density at radius 2 is 1.05 bits per heavy atom. The van der Waals surface area contributed by atoms with Crippen molar-refractivity contribution >= 4 is 22.9 Å². The summed E-state index contributed by atoms with van der Waals surface area (Å²) in [6.45, 7) is 3.22. The number of ketones is 1. The van der Waals surface area contributed by atoms with E-state index in [-0.39, 0.29) is 17.7 Å². The van der Waals surface area contributed by atoms with Gasteiger partial charge in [-0.1, -0.05) is 50.2 Å². The van der Waals surface area contributed by atoms with Gasteiger partial charge in [-0.25, -0.2) is 26.3 Å². The highest BCUT2D eigenvalue weighted by molar-refractivity contribution is 6.02. The van der Waals surface area contributed by atoms with Gasteiger partial charge in [-0.3, -0.25) is 9.79 Å². The first-order valence-corrected chi connectivity index (χ1v) is 11.8. The number of rotatable bonds is 5. The summed E-state index contributed by atoms with van der Waals surface area (Å²) in [5.74, 6) is -6.80. The number of halogens is 6. The van der Waals surface area contributed by atoms with Crippen molar-refractivity contribution in [1.82, 2.24) is 0 Å². The van der Waals surface area contributed by atoms with Crippen molar-refractivity contribution in [3.63, 3.8) is 0 Å². The Labute approximate surface area is 222 Å². The minimum Gasteiger partial charge on any atom is -0.399 e. The molecule has 0 aromatic heterocycles. The number of para-hydroxylation sites is 2. The van der Waals surface area contributed by atoms with Crippen molar-refractivity contribution < 1.29 is 31.1 Å². The van der Waals surface area contributed by atoms with Gasteiger partial charge in [-0.2, -0.15) is 0 Å². The fraction of sp³-hybridized carbons (Fsp3) is 0.133. The first-order chi connectivity index (χ1) is 18.6. The van der Waals surface area contributed by atoms with Crippen LogP contribution in [0.2, 0.25) is 0 Å². The number of hydrogen-bond acceptors (Lipinski definition) is 3. The fourth-order valence-corrected chi connectivity index (χ4v) is 3.23. The highest BCUT2D eigenvalue weighted by Crippen LogP contribution is 2.21. The molecule has 0 amide bonds. The van der Waals surface area contributed by atoms with Gasteiger partial charge in [-0.05, 0) is 30.7 Å². The minimum atomic E-state index is -1.15. The molecule has 0 radical (unpaired) electrons. The zero-order valence-electron chi connectivity index (χ0n) is 21.2. The smallest absolute Gasteiger partial charge is 0.168 e. The number of hydrogen-bond donors (Lipinski definition) is 1. The van der Waals surface area contributed by atoms with E-state index < -0.39 is 46.3 Å². The number of nitrogens with zero attached hydrogens (tertiary/aromatic N) is 1. The predicted molar refractivity (Wildman–Crippen MR) is 141 cm³/mol. The second-order valence-electron chi connectivity index (χ2n) is 7.92. The third-order valence-corrected chi connectivity index (χ3v) is 5.06. The summed E-state index contributed by atoms with van der Waals surface area (Å²) in [7, 11) is 0. The van der Waals surface area contributed by atoms with E-state index in [0.717, 1.165) is 5.69 Å². The zero-order valence-corrected chi connectivity index (χ0v) is 21.2. The molecular formula is C30H26F6N2O. The molecule has 0 atom stereocenters. The summed E-state index contributed by atoms with van der Waals surface area (Å²) < 4.78 is 78.3. The molecule has 204 valence electrons. The predicted octanol–water partition coefficient (Wildman–Crippen LogP) is 8.60. The third kappa shape index (κ3) is 9.45. The molecule has 3 nitrogen and oxygen atoms in total. The summed E-state index contributed by atoms with van der Waals surface area (Å²) in [6, 6.07) is 20.6. The highest BCUT2D eigenvalue weighted by atomic mass is 19.2. The Morgan fingerprint density at radius 1 is 0.641 bits per heavy atom. The van der Waals surface area contributed by atoms with Crippen LogP contribution >= 0.6 is 0 Å². The molecule has 9 heteroatoms. The second-order valence-corrected chi connectivity index (χ2v) is 7.92. The van der Waals surface area contributed by atoms with Crippen LogP contribution in [0.5, 0.6) is 0 Å². The summed E-state index contributed by atoms with van der Waals surface area (Å²) in [6.07, 6.45) is 0.327. The molecule has 2 N–H and O–H groups in total. The van der Waals surface area contributed by atoms with E-state index in [1.165, 1.54) is 6.92 Å². The molecule has 4 aromatic carbocycles. The van der Waals surface area contributed by atoms with Crippen molar-refractivity contribution in [3.05, 3.63) is 131 Å². The van der Waals surface area contributed by atoms with E-state index in [9.17, 15) is 31.1 Å². The fourth-order valence-electron chi connectivity index (χ4n) is 3.23. The number of Topliss-reactive ketones (excluding diaryl/α,β-unsaturated/α-hetero) is 1. The third-order valence-electron chi connectivity index (χ3n) is 5.06. The first kappa shape index (κ1) is 30.8. The second kappa shape index (κ2) is 15.1. The SMILES string of the molecule is CCC(=Nc1ccccc1)c1c(F)cc(F)cc1F.CCC(=O)c1c(F)cc(F)cc1F.Nc1ccccc1. The van der Waals surface area contributed by atoms with Gasteiger partial charge in [0.15, 0.2) is 5.78 Å². The Balaban J connectivity index is 0.000000229. The van der Waals surface area contributed by atoms with Crippen LogP contribution in [0.15, 0.2) is 89.9 Å². The Morgan fingerprint density at radius 3 is 1.41 bits per heavy atom. The van der Waals surface area contributed by atoms with Gasteiger partial charge in [0.25, 0.3) is 0 Å². The summed E-state index contributed by atoms with van der Waals surface area (Å²) >= 11 is 0. The van der Waals surface area contributed by atoms with Crippen molar-refractivity contribution in [3.8, 4) is 0 Å². The molecule has 0 heterocycles. The van der Waals surface area contributed by atoms with Crippen LogP contribution in [-0.2, 0) is 0 Å². The number of anilines is 1. The van der Waals surface area contributed by atoms with Crippen LogP contribution in [0.1, 0.15) is 42.6 Å². The van der Waals surface area contributed by atoms with Gasteiger partial charge >= 0.3 is 0 Å². The molecular weight excluding hydrogens is 518 g/mol. The van der Waals surface area contributed by atoms with Gasteiger partial charge in [0.05, 0.1) is 22.5 Å². The molecule has 0 aliphatic rings. The Bertz CT molecular complexity index is 1360. The minimum absolute atomic E-state index is 0.0144. The maximum atomic E-state index is 13.7. The molecule has 0 aliphatic heterocycles. The van der Waals surface area contributed by atoms with Gasteiger partial charge < -0.3 is 5.73 Å². The highest BCUT2D eigenvalue weighted by Gasteiger charge is 2.17. The number of aliphatic imine (C=N–C) groups is 1. The van der Waals surface area contributed by atoms with Crippen LogP contribution in [0.3, 0.4) is 0 Å². The van der Waals surface area contributed by atoms with Crippen LogP contribution < -0.4 is 5.73 Å². The molecule has 0 bridgehead atoms. The molecule has 0 spiro atoms. The molecule has 0 unspecified atom stereocenters. The maximum absolute atomic E-state index is 13.7. The van der Waals surface area contributed by atoms with E-state index in [1.54, 1.807) is 31.2 Å². The molecule has 4 aromatic rings. The Kier molecular flexibility index (Phi) is 11.9. The lowest BCUT2D eigenvalue weighted by Gasteiger charge is -2.07. The summed E-state index contributed by atoms with van der Waals surface area (Å²) in [5, 5.41) is 0. The van der Waals surface area contributed by atoms with Crippen LogP contribution in [0.4, 0.5) is 37.7 Å². The lowest BCUT2D eigenvalue weighted by molar-refractivity contribution is 0.0980. The molecule has 0 fully saturated rings. The molecule has 0 saturated heterocycles. The van der Waals surface area contributed by atoms with Gasteiger partial charge in [0.1, 0.15) is 34.9 Å². The molecule has 0 aliphatic carbocycles. The number of nitrogen functional groups attached to an aromatic ring is 1. The van der Waals surface area contributed by atoms with Crippen molar-refractivity contribution in [2.24, 2.45) is 4.99 Å². The first-order valence-electron chi connectivity index (χ1n) is 11.8. The van der Waals surface area contributed by atoms with Gasteiger partial charge in [0, 0.05) is 36.4 Å². The normalized spacial score (nSPS) is 10.6. The largest absolute Gasteiger partial charge is 0.399 e. The van der Waals surface area contributed by atoms with Crippen LogP contribution in [0, 0.1) is 34.9 Å². The number of benzene rings is 4. The zero-order chi connectivity index (χ0) is 28.9. The number of nitrogens with two attached hydrogens (primary N) is 1. The maximum Gasteiger partial charge on any atom is 0.168 e. The lowest BCUT2D eigenvalue weighted by Crippen LogP contribution is -2.06. The quantitative estimate of drug-likeness (QED) is 0.118. The van der Waals surface area contributed by atoms with E-state index in [4.69, 9.17) is 5.73 Å². The topological polar surface area (TPSA) is 55.5 Å². The number of carbonyl (C=O) groups is 1. The van der Waals surface area contributed by atoms with Crippen LogP contribution in [0.25, 0.3) is 0 Å². The van der Waals surface area contributed by atoms with Crippen molar-refractivity contribution in [2.45, 2.75) is 26.7 Å². The summed E-state index contributed by atoms with van der Waals surface area (Å²) in [5.41, 5.74) is 6.10. The average Bonchev–Trinajstić information content (AvgIpc) is 2.88. The number of carbonyl (C=O) groups excluding carboxylic acids is 1. The molecule has 4 rings (SSSR count).